The van der Waals surface area contributed by atoms with Crippen molar-refractivity contribution in [3.63, 3.8) is 0 Å². The molecule has 0 aliphatic rings. The normalized spacial score (nSPS) is 10.5. The zero-order valence-corrected chi connectivity index (χ0v) is 12.2. The second kappa shape index (κ2) is 7.08. The monoisotopic (exact) mass is 285 g/mol. The van der Waals surface area contributed by atoms with Crippen LogP contribution in [-0.4, -0.2) is 29.0 Å². The Morgan fingerprint density at radius 1 is 1.37 bits per heavy atom. The van der Waals surface area contributed by atoms with Gasteiger partial charge in [0.1, 0.15) is 0 Å². The molecule has 0 aliphatic carbocycles. The van der Waals surface area contributed by atoms with Gasteiger partial charge in [0.25, 0.3) is 0 Å². The fraction of sp³-hybridized carbons (Fsp3) is 0.583. The van der Waals surface area contributed by atoms with Gasteiger partial charge in [0, 0.05) is 30.1 Å². The third-order valence-corrected chi connectivity index (χ3v) is 3.32. The van der Waals surface area contributed by atoms with Crippen LogP contribution in [0.4, 0.5) is 0 Å². The van der Waals surface area contributed by atoms with Crippen molar-refractivity contribution in [1.82, 2.24) is 15.2 Å². The van der Waals surface area contributed by atoms with Gasteiger partial charge in [-0.3, -0.25) is 14.4 Å². The maximum absolute atomic E-state index is 11.5. The van der Waals surface area contributed by atoms with E-state index in [1.165, 1.54) is 0 Å². The minimum Gasteiger partial charge on any atom is -0.352 e. The molecule has 6 nitrogen and oxygen atoms in total. The summed E-state index contributed by atoms with van der Waals surface area (Å²) in [4.78, 5) is 34.2. The van der Waals surface area contributed by atoms with Crippen molar-refractivity contribution < 1.29 is 9.59 Å². The minimum absolute atomic E-state index is 0.0332. The van der Waals surface area contributed by atoms with Crippen LogP contribution in [0.1, 0.15) is 26.0 Å². The highest BCUT2D eigenvalue weighted by Crippen LogP contribution is 2.00. The Bertz CT molecular complexity index is 505. The SMILES string of the molecule is Cc1csc(=O)n1CCC(=O)NCC(=O)NC(C)C. The molecule has 0 bridgehead atoms. The van der Waals surface area contributed by atoms with E-state index in [4.69, 9.17) is 0 Å². The van der Waals surface area contributed by atoms with Gasteiger partial charge in [-0.25, -0.2) is 0 Å². The molecule has 0 saturated carbocycles. The summed E-state index contributed by atoms with van der Waals surface area (Å²) >= 11 is 1.12. The first-order chi connectivity index (χ1) is 8.90. The molecule has 19 heavy (non-hydrogen) atoms. The van der Waals surface area contributed by atoms with E-state index in [1.54, 1.807) is 9.95 Å². The molecule has 7 heteroatoms. The van der Waals surface area contributed by atoms with Crippen LogP contribution in [0, 0.1) is 6.92 Å². The predicted octanol–water partition coefficient (Wildman–Crippen LogP) is 0.249. The van der Waals surface area contributed by atoms with Crippen molar-refractivity contribution in [3.8, 4) is 0 Å². The first kappa shape index (κ1) is 15.4. The van der Waals surface area contributed by atoms with Gasteiger partial charge in [0.15, 0.2) is 0 Å². The number of amides is 2. The molecule has 0 aliphatic heterocycles. The molecule has 0 unspecified atom stereocenters. The lowest BCUT2D eigenvalue weighted by Gasteiger charge is -2.09. The zero-order chi connectivity index (χ0) is 14.4. The number of carbonyl (C=O) groups is 2. The highest BCUT2D eigenvalue weighted by Gasteiger charge is 2.08. The lowest BCUT2D eigenvalue weighted by molar-refractivity contribution is -0.126. The largest absolute Gasteiger partial charge is 0.352 e. The van der Waals surface area contributed by atoms with E-state index in [-0.39, 0.29) is 35.7 Å². The van der Waals surface area contributed by atoms with Crippen molar-refractivity contribution in [2.24, 2.45) is 0 Å². The van der Waals surface area contributed by atoms with E-state index < -0.39 is 0 Å². The van der Waals surface area contributed by atoms with Crippen molar-refractivity contribution in [2.75, 3.05) is 6.54 Å². The molecular weight excluding hydrogens is 266 g/mol. The summed E-state index contributed by atoms with van der Waals surface area (Å²) in [7, 11) is 0. The lowest BCUT2D eigenvalue weighted by Crippen LogP contribution is -2.40. The Hall–Kier alpha value is -1.63. The second-order valence-electron chi connectivity index (χ2n) is 4.54. The number of aryl methyl sites for hydroxylation is 1. The lowest BCUT2D eigenvalue weighted by atomic mass is 10.3. The van der Waals surface area contributed by atoms with Gasteiger partial charge in [0.05, 0.1) is 6.54 Å². The second-order valence-corrected chi connectivity index (χ2v) is 5.36. The Labute approximate surface area is 115 Å². The third kappa shape index (κ3) is 5.25. The maximum atomic E-state index is 11.5. The summed E-state index contributed by atoms with van der Waals surface area (Å²) in [5.74, 6) is -0.455. The molecule has 0 atom stereocenters. The molecule has 1 aromatic heterocycles. The van der Waals surface area contributed by atoms with E-state index in [0.717, 1.165) is 17.0 Å². The predicted molar refractivity (Wildman–Crippen MR) is 74.2 cm³/mol. The summed E-state index contributed by atoms with van der Waals surface area (Å²) in [5.41, 5.74) is 0.848. The number of nitrogens with zero attached hydrogens (tertiary/aromatic N) is 1. The number of nitrogens with one attached hydrogen (secondary N) is 2. The van der Waals surface area contributed by atoms with Gasteiger partial charge in [-0.05, 0) is 20.8 Å². The highest BCUT2D eigenvalue weighted by molar-refractivity contribution is 7.07. The van der Waals surface area contributed by atoms with Crippen LogP contribution in [0.3, 0.4) is 0 Å². The summed E-state index contributed by atoms with van der Waals surface area (Å²) < 4.78 is 1.55. The van der Waals surface area contributed by atoms with Crippen molar-refractivity contribution in [3.05, 3.63) is 20.7 Å². The van der Waals surface area contributed by atoms with E-state index in [1.807, 2.05) is 20.8 Å². The average Bonchev–Trinajstić information content (AvgIpc) is 2.63. The summed E-state index contributed by atoms with van der Waals surface area (Å²) in [6, 6.07) is 0.0523. The Balaban J connectivity index is 2.33. The molecule has 1 aromatic rings. The number of hydrogen-bond donors (Lipinski definition) is 2. The van der Waals surface area contributed by atoms with Gasteiger partial charge >= 0.3 is 4.87 Å². The van der Waals surface area contributed by atoms with Crippen molar-refractivity contribution in [2.45, 2.75) is 39.8 Å². The zero-order valence-electron chi connectivity index (χ0n) is 11.4. The van der Waals surface area contributed by atoms with Gasteiger partial charge in [-0.2, -0.15) is 0 Å². The minimum atomic E-state index is -0.239. The summed E-state index contributed by atoms with van der Waals surface area (Å²) in [6.07, 6.45) is 0.187. The van der Waals surface area contributed by atoms with E-state index in [9.17, 15) is 14.4 Å². The molecule has 1 rings (SSSR count). The maximum Gasteiger partial charge on any atom is 0.307 e. The molecule has 0 fully saturated rings. The molecule has 1 heterocycles. The highest BCUT2D eigenvalue weighted by atomic mass is 32.1. The smallest absolute Gasteiger partial charge is 0.307 e. The van der Waals surface area contributed by atoms with Crippen LogP contribution >= 0.6 is 11.3 Å². The topological polar surface area (TPSA) is 80.2 Å². The molecule has 2 amide bonds. The Kier molecular flexibility index (Phi) is 5.75. The summed E-state index contributed by atoms with van der Waals surface area (Å²) in [5, 5.41) is 6.97. The van der Waals surface area contributed by atoms with Gasteiger partial charge in [-0.15, -0.1) is 0 Å². The summed E-state index contributed by atoms with van der Waals surface area (Å²) in [6.45, 7) is 5.84. The van der Waals surface area contributed by atoms with Gasteiger partial charge < -0.3 is 15.2 Å². The van der Waals surface area contributed by atoms with Crippen LogP contribution in [0.15, 0.2) is 10.2 Å². The van der Waals surface area contributed by atoms with Crippen LogP contribution in [0.5, 0.6) is 0 Å². The molecule has 0 aromatic carbocycles. The first-order valence-electron chi connectivity index (χ1n) is 6.11. The molecule has 0 radical (unpaired) electrons. The van der Waals surface area contributed by atoms with E-state index in [0.29, 0.717) is 6.54 Å². The van der Waals surface area contributed by atoms with Crippen LogP contribution in [0.25, 0.3) is 0 Å². The van der Waals surface area contributed by atoms with Crippen LogP contribution < -0.4 is 15.5 Å². The number of aromatic nitrogens is 1. The van der Waals surface area contributed by atoms with E-state index in [2.05, 4.69) is 10.6 Å². The fourth-order valence-electron chi connectivity index (χ4n) is 1.53. The van der Waals surface area contributed by atoms with Gasteiger partial charge in [-0.1, -0.05) is 11.3 Å². The molecule has 2 N–H and O–H groups in total. The first-order valence-corrected chi connectivity index (χ1v) is 6.99. The molecule has 0 spiro atoms. The van der Waals surface area contributed by atoms with Crippen molar-refractivity contribution in [1.29, 1.82) is 0 Å². The Morgan fingerprint density at radius 2 is 2.05 bits per heavy atom. The van der Waals surface area contributed by atoms with Crippen molar-refractivity contribution >= 4 is 23.2 Å². The third-order valence-electron chi connectivity index (χ3n) is 2.43. The number of rotatable bonds is 6. The number of hydrogen-bond acceptors (Lipinski definition) is 4. The molecule has 106 valence electrons. The van der Waals surface area contributed by atoms with Gasteiger partial charge in [0.2, 0.25) is 11.8 Å². The van der Waals surface area contributed by atoms with Crippen LogP contribution in [0.2, 0.25) is 0 Å². The number of carbonyl (C=O) groups excluding carboxylic acids is 2. The Morgan fingerprint density at radius 3 is 2.58 bits per heavy atom. The van der Waals surface area contributed by atoms with Crippen LogP contribution in [-0.2, 0) is 16.1 Å². The fourth-order valence-corrected chi connectivity index (χ4v) is 2.29. The van der Waals surface area contributed by atoms with E-state index >= 15 is 0 Å². The molecule has 0 saturated heterocycles. The number of thiazole rings is 1. The average molecular weight is 285 g/mol. The quantitative estimate of drug-likeness (QED) is 0.786. The standard InChI is InChI=1S/C12H19N3O3S/c1-8(2)14-11(17)6-13-10(16)4-5-15-9(3)7-19-12(15)18/h7-8H,4-6H2,1-3H3,(H,13,16)(H,14,17). The molecular formula is C12H19N3O3S.